The van der Waals surface area contributed by atoms with Gasteiger partial charge in [-0.3, -0.25) is 0 Å². The SMILES string of the molecule is CCCCCCCCCC(C(=O)[O-])C(=O)[O-].[Ag+2]. The molecule has 0 unspecified atom stereocenters. The van der Waals surface area contributed by atoms with Crippen LogP contribution in [-0.4, -0.2) is 11.9 Å². The van der Waals surface area contributed by atoms with Crippen molar-refractivity contribution in [2.24, 2.45) is 5.92 Å². The number of carboxylic acids is 2. The molecule has 0 aromatic rings. The first-order valence-electron chi connectivity index (χ1n) is 6.01. The van der Waals surface area contributed by atoms with E-state index in [-0.39, 0.29) is 28.8 Å². The van der Waals surface area contributed by atoms with Gasteiger partial charge in [0.2, 0.25) is 0 Å². The second kappa shape index (κ2) is 12.1. The quantitative estimate of drug-likeness (QED) is 0.325. The van der Waals surface area contributed by atoms with Gasteiger partial charge in [-0.2, -0.15) is 0 Å². The molecule has 1 radical (unpaired) electrons. The fraction of sp³-hybridized carbons (Fsp3) is 0.833. The topological polar surface area (TPSA) is 80.3 Å². The summed E-state index contributed by atoms with van der Waals surface area (Å²) >= 11 is 0. The van der Waals surface area contributed by atoms with Crippen LogP contribution in [0.25, 0.3) is 0 Å². The average Bonchev–Trinajstić information content (AvgIpc) is 2.21. The summed E-state index contributed by atoms with van der Waals surface area (Å²) in [6.45, 7) is 2.14. The van der Waals surface area contributed by atoms with Crippen molar-refractivity contribution in [1.82, 2.24) is 0 Å². The maximum Gasteiger partial charge on any atom is 2.00 e. The van der Waals surface area contributed by atoms with Crippen molar-refractivity contribution in [1.29, 1.82) is 0 Å². The van der Waals surface area contributed by atoms with E-state index in [4.69, 9.17) is 0 Å². The Morgan fingerprint density at radius 3 is 1.71 bits per heavy atom. The third kappa shape index (κ3) is 10.5. The van der Waals surface area contributed by atoms with E-state index < -0.39 is 17.9 Å². The Hall–Kier alpha value is -0.320. The number of hydrogen-bond donors (Lipinski definition) is 0. The van der Waals surface area contributed by atoms with Gasteiger partial charge in [0.25, 0.3) is 0 Å². The summed E-state index contributed by atoms with van der Waals surface area (Å²) in [5, 5.41) is 20.8. The molecule has 0 aliphatic rings. The number of rotatable bonds is 10. The molecule has 0 saturated carbocycles. The number of carbonyl (C=O) groups is 2. The molecular formula is C12H20AgO4. The van der Waals surface area contributed by atoms with E-state index in [1.165, 1.54) is 19.3 Å². The Bertz CT molecular complexity index is 205. The molecule has 0 aliphatic carbocycles. The fourth-order valence-corrected chi connectivity index (χ4v) is 1.64. The number of unbranched alkanes of at least 4 members (excludes halogenated alkanes) is 6. The molecule has 103 valence electrons. The van der Waals surface area contributed by atoms with Crippen LogP contribution >= 0.6 is 0 Å². The molecule has 0 N–H and O–H groups in total. The van der Waals surface area contributed by atoms with E-state index in [0.717, 1.165) is 19.3 Å². The van der Waals surface area contributed by atoms with Gasteiger partial charge in [-0.05, 0) is 6.42 Å². The smallest absolute Gasteiger partial charge is 0.549 e. The molecule has 0 fully saturated rings. The van der Waals surface area contributed by atoms with Crippen LogP contribution in [0.5, 0.6) is 0 Å². The van der Waals surface area contributed by atoms with Crippen LogP contribution in [0.4, 0.5) is 0 Å². The monoisotopic (exact) mass is 335 g/mol. The Morgan fingerprint density at radius 2 is 1.29 bits per heavy atom. The Kier molecular flexibility index (Phi) is 13.6. The zero-order valence-electron chi connectivity index (χ0n) is 10.2. The molecule has 4 nitrogen and oxygen atoms in total. The zero-order valence-corrected chi connectivity index (χ0v) is 11.7. The second-order valence-corrected chi connectivity index (χ2v) is 4.10. The molecule has 0 aromatic heterocycles. The molecule has 0 atom stereocenters. The standard InChI is InChI=1S/C12H22O4.Ag/c1-2-3-4-5-6-7-8-9-10(11(13)14)12(15)16;/h10H,2-9H2,1H3,(H,13,14)(H,15,16);/q;+2/p-2. The maximum absolute atomic E-state index is 10.4. The predicted molar refractivity (Wildman–Crippen MR) is 56.1 cm³/mol. The molecule has 0 amide bonds. The van der Waals surface area contributed by atoms with Gasteiger partial charge in [0.05, 0.1) is 11.9 Å². The van der Waals surface area contributed by atoms with Gasteiger partial charge in [-0.1, -0.05) is 51.9 Å². The van der Waals surface area contributed by atoms with Crippen LogP contribution in [0.1, 0.15) is 58.3 Å². The number of aliphatic carboxylic acids is 2. The minimum atomic E-state index is -1.54. The third-order valence-electron chi connectivity index (χ3n) is 2.67. The summed E-state index contributed by atoms with van der Waals surface area (Å²) in [4.78, 5) is 20.8. The fourth-order valence-electron chi connectivity index (χ4n) is 1.64. The van der Waals surface area contributed by atoms with Gasteiger partial charge in [0, 0.05) is 5.92 Å². The second-order valence-electron chi connectivity index (χ2n) is 4.10. The molecule has 0 rings (SSSR count). The van der Waals surface area contributed by atoms with Crippen molar-refractivity contribution in [3.05, 3.63) is 0 Å². The van der Waals surface area contributed by atoms with E-state index in [9.17, 15) is 19.8 Å². The summed E-state index contributed by atoms with van der Waals surface area (Å²) in [6, 6.07) is 0. The normalized spacial score (nSPS) is 10.0. The Morgan fingerprint density at radius 1 is 0.882 bits per heavy atom. The minimum absolute atomic E-state index is 0. The van der Waals surface area contributed by atoms with Crippen LogP contribution in [-0.2, 0) is 32.0 Å². The maximum atomic E-state index is 10.4. The molecule has 0 aliphatic heterocycles. The molecule has 17 heavy (non-hydrogen) atoms. The molecule has 0 bridgehead atoms. The van der Waals surface area contributed by atoms with E-state index >= 15 is 0 Å². The first kappa shape index (κ1) is 19.0. The van der Waals surface area contributed by atoms with Crippen molar-refractivity contribution >= 4 is 11.9 Å². The Labute approximate surface area is 118 Å². The van der Waals surface area contributed by atoms with Crippen molar-refractivity contribution in [2.45, 2.75) is 58.3 Å². The summed E-state index contributed by atoms with van der Waals surface area (Å²) < 4.78 is 0. The zero-order chi connectivity index (χ0) is 12.4. The van der Waals surface area contributed by atoms with Gasteiger partial charge in [-0.15, -0.1) is 0 Å². The number of carbonyl (C=O) groups excluding carboxylic acids is 2. The van der Waals surface area contributed by atoms with E-state index in [2.05, 4.69) is 6.92 Å². The first-order chi connectivity index (χ1) is 7.59. The molecular weight excluding hydrogens is 316 g/mol. The van der Waals surface area contributed by atoms with Gasteiger partial charge < -0.3 is 19.8 Å². The number of hydrogen-bond acceptors (Lipinski definition) is 4. The summed E-state index contributed by atoms with van der Waals surface area (Å²) in [5.41, 5.74) is 0. The van der Waals surface area contributed by atoms with Crippen molar-refractivity contribution in [3.8, 4) is 0 Å². The summed E-state index contributed by atoms with van der Waals surface area (Å²) in [6.07, 6.45) is 7.39. The number of carboxylic acid groups (broad SMARTS) is 2. The van der Waals surface area contributed by atoms with Crippen LogP contribution < -0.4 is 10.2 Å². The van der Waals surface area contributed by atoms with Gasteiger partial charge in [-0.25, -0.2) is 0 Å². The van der Waals surface area contributed by atoms with E-state index in [1.54, 1.807) is 0 Å². The van der Waals surface area contributed by atoms with Crippen LogP contribution in [0, 0.1) is 5.92 Å². The van der Waals surface area contributed by atoms with Gasteiger partial charge in [0.1, 0.15) is 0 Å². The average molecular weight is 336 g/mol. The largest absolute Gasteiger partial charge is 2.00 e. The predicted octanol–water partition coefficient (Wildman–Crippen LogP) is 0.241. The van der Waals surface area contributed by atoms with Crippen molar-refractivity contribution in [2.75, 3.05) is 0 Å². The van der Waals surface area contributed by atoms with E-state index in [1.807, 2.05) is 0 Å². The van der Waals surface area contributed by atoms with Gasteiger partial charge >= 0.3 is 22.4 Å². The molecule has 0 aromatic carbocycles. The van der Waals surface area contributed by atoms with Gasteiger partial charge in [0.15, 0.2) is 0 Å². The Balaban J connectivity index is 0. The molecule has 0 heterocycles. The van der Waals surface area contributed by atoms with Crippen molar-refractivity contribution in [3.63, 3.8) is 0 Å². The molecule has 5 heteroatoms. The van der Waals surface area contributed by atoms with Crippen LogP contribution in [0.3, 0.4) is 0 Å². The van der Waals surface area contributed by atoms with Crippen LogP contribution in [0.2, 0.25) is 0 Å². The summed E-state index contributed by atoms with van der Waals surface area (Å²) in [7, 11) is 0. The third-order valence-corrected chi connectivity index (χ3v) is 2.67. The van der Waals surface area contributed by atoms with E-state index in [0.29, 0.717) is 6.42 Å². The molecule has 0 spiro atoms. The van der Waals surface area contributed by atoms with Crippen LogP contribution in [0.15, 0.2) is 0 Å². The molecule has 0 saturated heterocycles. The first-order valence-corrected chi connectivity index (χ1v) is 6.01. The minimum Gasteiger partial charge on any atom is -0.549 e. The van der Waals surface area contributed by atoms with Crippen molar-refractivity contribution < 1.29 is 42.2 Å². The summed E-state index contributed by atoms with van der Waals surface area (Å²) in [5.74, 6) is -4.52.